The lowest BCUT2D eigenvalue weighted by Gasteiger charge is -2.28. The molecule has 2 atom stereocenters. The molecule has 1 N–H and O–H groups in total. The van der Waals surface area contributed by atoms with Crippen LogP contribution in [0.3, 0.4) is 0 Å². The summed E-state index contributed by atoms with van der Waals surface area (Å²) in [4.78, 5) is 18.7. The van der Waals surface area contributed by atoms with Gasteiger partial charge in [-0.1, -0.05) is 56.3 Å². The largest absolute Gasteiger partial charge is 0.497 e. The lowest BCUT2D eigenvalue weighted by molar-refractivity contribution is -0.126. The predicted octanol–water partition coefficient (Wildman–Crippen LogP) is 5.15. The second-order valence-electron chi connectivity index (χ2n) is 7.91. The van der Waals surface area contributed by atoms with Crippen LogP contribution in [0.5, 0.6) is 5.75 Å². The van der Waals surface area contributed by atoms with E-state index in [1.54, 1.807) is 23.8 Å². The summed E-state index contributed by atoms with van der Waals surface area (Å²) < 4.78 is 5.29. The second kappa shape index (κ2) is 11.3. The maximum absolute atomic E-state index is 13.6. The van der Waals surface area contributed by atoms with Gasteiger partial charge in [-0.3, -0.25) is 4.79 Å². The Bertz CT molecular complexity index is 1090. The van der Waals surface area contributed by atoms with Crippen LogP contribution in [0.1, 0.15) is 24.7 Å². The van der Waals surface area contributed by atoms with Gasteiger partial charge in [-0.2, -0.15) is 0 Å². The molecule has 0 spiro atoms. The Morgan fingerprint density at radius 2 is 1.73 bits per heavy atom. The predicted molar refractivity (Wildman–Crippen MR) is 139 cm³/mol. The van der Waals surface area contributed by atoms with Gasteiger partial charge in [0.15, 0.2) is 0 Å². The van der Waals surface area contributed by atoms with E-state index in [0.29, 0.717) is 6.54 Å². The number of halogens is 1. The first-order valence-electron chi connectivity index (χ1n) is 11.1. The average Bonchev–Trinajstić information content (AvgIpc) is 2.94. The maximum atomic E-state index is 13.6. The van der Waals surface area contributed by atoms with Gasteiger partial charge in [-0.25, -0.2) is 0 Å². The third-order valence-corrected chi connectivity index (χ3v) is 7.63. The van der Waals surface area contributed by atoms with Gasteiger partial charge in [0.05, 0.1) is 18.0 Å². The molecule has 33 heavy (non-hydrogen) atoms. The molecule has 0 fully saturated rings. The number of amides is 1. The molecule has 1 amide bonds. The Morgan fingerprint density at radius 1 is 1.03 bits per heavy atom. The van der Waals surface area contributed by atoms with E-state index in [1.165, 1.54) is 0 Å². The Hall–Kier alpha value is -2.25. The number of fused-ring (bicyclic) bond motifs is 3. The van der Waals surface area contributed by atoms with Crippen molar-refractivity contribution in [2.45, 2.75) is 30.1 Å². The first-order valence-corrected chi connectivity index (χ1v) is 12.0. The molecule has 0 aliphatic carbocycles. The summed E-state index contributed by atoms with van der Waals surface area (Å²) in [6, 6.07) is 19.9. The SMILES string of the molecule is CCN(CC)CCN1C(=O)[C@H](O)[C@H](c2ccc(OC)cc2)Sc2c1ccc1ccccc21.Cl. The van der Waals surface area contributed by atoms with Crippen LogP contribution < -0.4 is 9.64 Å². The minimum atomic E-state index is -1.14. The Morgan fingerprint density at radius 3 is 2.39 bits per heavy atom. The highest BCUT2D eigenvalue weighted by molar-refractivity contribution is 8.00. The van der Waals surface area contributed by atoms with E-state index >= 15 is 0 Å². The number of carbonyl (C=O) groups is 1. The van der Waals surface area contributed by atoms with Crippen molar-refractivity contribution >= 4 is 46.5 Å². The van der Waals surface area contributed by atoms with Crippen LogP contribution in [0.15, 0.2) is 65.6 Å². The van der Waals surface area contributed by atoms with E-state index in [9.17, 15) is 9.90 Å². The maximum Gasteiger partial charge on any atom is 0.257 e. The van der Waals surface area contributed by atoms with Crippen LogP contribution >= 0.6 is 24.2 Å². The van der Waals surface area contributed by atoms with Crippen LogP contribution in [0.25, 0.3) is 10.8 Å². The summed E-state index contributed by atoms with van der Waals surface area (Å²) in [6.45, 7) is 7.40. The van der Waals surface area contributed by atoms with Gasteiger partial charge < -0.3 is 19.6 Å². The first kappa shape index (κ1) is 25.4. The van der Waals surface area contributed by atoms with Crippen molar-refractivity contribution in [3.8, 4) is 5.75 Å². The summed E-state index contributed by atoms with van der Waals surface area (Å²) in [5, 5.41) is 13.1. The fourth-order valence-electron chi connectivity index (χ4n) is 4.22. The number of benzene rings is 3. The quantitative estimate of drug-likeness (QED) is 0.500. The number of hydrogen-bond acceptors (Lipinski definition) is 5. The Labute approximate surface area is 206 Å². The molecule has 0 unspecified atom stereocenters. The molecule has 5 nitrogen and oxygen atoms in total. The third kappa shape index (κ3) is 5.14. The number of rotatable bonds is 7. The van der Waals surface area contributed by atoms with Gasteiger partial charge in [0, 0.05) is 18.0 Å². The molecule has 176 valence electrons. The van der Waals surface area contributed by atoms with Gasteiger partial charge in [-0.05, 0) is 47.6 Å². The average molecular weight is 487 g/mol. The number of hydrogen-bond donors (Lipinski definition) is 1. The van der Waals surface area contributed by atoms with Crippen LogP contribution in [0.2, 0.25) is 0 Å². The fraction of sp³-hybridized carbons (Fsp3) is 0.346. The van der Waals surface area contributed by atoms with Gasteiger partial charge in [0.2, 0.25) is 0 Å². The lowest BCUT2D eigenvalue weighted by atomic mass is 10.1. The molecule has 1 aliphatic heterocycles. The fourth-order valence-corrected chi connectivity index (χ4v) is 5.63. The van der Waals surface area contributed by atoms with Crippen LogP contribution in [0.4, 0.5) is 5.69 Å². The van der Waals surface area contributed by atoms with Gasteiger partial charge in [-0.15, -0.1) is 24.2 Å². The molecule has 0 saturated heterocycles. The molecular formula is C26H31ClN2O3S. The Balaban J connectivity index is 0.00000306. The normalized spacial score (nSPS) is 18.1. The minimum absolute atomic E-state index is 0. The summed E-state index contributed by atoms with van der Waals surface area (Å²) in [5.74, 6) is 0.499. The third-order valence-electron chi connectivity index (χ3n) is 6.18. The monoisotopic (exact) mass is 486 g/mol. The number of methoxy groups -OCH3 is 1. The van der Waals surface area contributed by atoms with E-state index in [-0.39, 0.29) is 18.3 Å². The van der Waals surface area contributed by atoms with E-state index in [2.05, 4.69) is 36.9 Å². The molecule has 3 aromatic carbocycles. The number of aliphatic hydroxyl groups excluding tert-OH is 1. The lowest BCUT2D eigenvalue weighted by Crippen LogP contribution is -2.44. The second-order valence-corrected chi connectivity index (χ2v) is 9.06. The number of anilines is 1. The van der Waals surface area contributed by atoms with E-state index in [4.69, 9.17) is 4.74 Å². The number of thioether (sulfide) groups is 1. The molecule has 0 saturated carbocycles. The molecule has 4 rings (SSSR count). The number of ether oxygens (including phenoxy) is 1. The first-order chi connectivity index (χ1) is 15.6. The van der Waals surface area contributed by atoms with Crippen molar-refractivity contribution < 1.29 is 14.6 Å². The number of likely N-dealkylation sites (N-methyl/N-ethyl adjacent to an activating group) is 1. The molecular weight excluding hydrogens is 456 g/mol. The summed E-state index contributed by atoms with van der Waals surface area (Å²) in [5.41, 5.74) is 1.78. The van der Waals surface area contributed by atoms with Gasteiger partial charge in [0.25, 0.3) is 5.91 Å². The minimum Gasteiger partial charge on any atom is -0.497 e. The van der Waals surface area contributed by atoms with E-state index in [0.717, 1.165) is 52.3 Å². The summed E-state index contributed by atoms with van der Waals surface area (Å²) in [6.07, 6.45) is -1.14. The van der Waals surface area contributed by atoms with Crippen LogP contribution in [0, 0.1) is 0 Å². The highest BCUT2D eigenvalue weighted by Gasteiger charge is 2.38. The van der Waals surface area contributed by atoms with Crippen molar-refractivity contribution in [1.82, 2.24) is 4.90 Å². The molecule has 7 heteroatoms. The molecule has 0 bridgehead atoms. The highest BCUT2D eigenvalue weighted by atomic mass is 35.5. The molecule has 0 aromatic heterocycles. The van der Waals surface area contributed by atoms with Crippen molar-refractivity contribution in [2.24, 2.45) is 0 Å². The van der Waals surface area contributed by atoms with E-state index in [1.807, 2.05) is 42.5 Å². The molecule has 0 radical (unpaired) electrons. The van der Waals surface area contributed by atoms with Crippen LogP contribution in [-0.2, 0) is 4.79 Å². The number of carbonyl (C=O) groups excluding carboxylic acids is 1. The summed E-state index contributed by atoms with van der Waals surface area (Å²) >= 11 is 1.57. The van der Waals surface area contributed by atoms with Gasteiger partial charge >= 0.3 is 0 Å². The number of aliphatic hydroxyl groups is 1. The standard InChI is InChI=1S/C26H30N2O3S.ClH/c1-4-27(5-2)16-17-28-22-15-12-18-8-6-7-9-21(18)25(22)32-24(23(29)26(28)30)19-10-13-20(31-3)14-11-19;/h6-15,23-24,29H,4-5,16-17H2,1-3H3;1H/t23-,24+;/m1./s1. The van der Waals surface area contributed by atoms with Crippen molar-refractivity contribution in [3.63, 3.8) is 0 Å². The topological polar surface area (TPSA) is 53.0 Å². The van der Waals surface area contributed by atoms with Crippen molar-refractivity contribution in [1.29, 1.82) is 0 Å². The van der Waals surface area contributed by atoms with Crippen LogP contribution in [-0.4, -0.2) is 55.3 Å². The highest BCUT2D eigenvalue weighted by Crippen LogP contribution is 2.48. The van der Waals surface area contributed by atoms with Gasteiger partial charge in [0.1, 0.15) is 11.9 Å². The zero-order valence-electron chi connectivity index (χ0n) is 19.2. The molecule has 1 aliphatic rings. The summed E-state index contributed by atoms with van der Waals surface area (Å²) in [7, 11) is 1.63. The van der Waals surface area contributed by atoms with Crippen molar-refractivity contribution in [2.75, 3.05) is 38.2 Å². The zero-order valence-corrected chi connectivity index (χ0v) is 20.9. The van der Waals surface area contributed by atoms with Crippen molar-refractivity contribution in [3.05, 3.63) is 66.2 Å². The zero-order chi connectivity index (χ0) is 22.7. The van der Waals surface area contributed by atoms with E-state index < -0.39 is 11.4 Å². The smallest absolute Gasteiger partial charge is 0.257 e. The molecule has 1 heterocycles. The Kier molecular flexibility index (Phi) is 8.65. The number of nitrogens with zero attached hydrogens (tertiary/aromatic N) is 2. The molecule has 3 aromatic rings.